The molecule has 0 aliphatic heterocycles. The fraction of sp³-hybridized carbons (Fsp3) is 0. The molecule has 0 unspecified atom stereocenters. The van der Waals surface area contributed by atoms with E-state index in [0.29, 0.717) is 5.56 Å². The van der Waals surface area contributed by atoms with Crippen molar-refractivity contribution in [2.75, 3.05) is 0 Å². The van der Waals surface area contributed by atoms with Crippen molar-refractivity contribution in [2.24, 2.45) is 0 Å². The molecule has 0 aliphatic carbocycles. The lowest BCUT2D eigenvalue weighted by Gasteiger charge is -2.20. The summed E-state index contributed by atoms with van der Waals surface area (Å²) >= 11 is 0. The third-order valence-electron chi connectivity index (χ3n) is 12.7. The van der Waals surface area contributed by atoms with Crippen molar-refractivity contribution < 1.29 is 0 Å². The summed E-state index contributed by atoms with van der Waals surface area (Å²) in [5.41, 5.74) is 17.3. The highest BCUT2D eigenvalue weighted by molar-refractivity contribution is 6.14. The Kier molecular flexibility index (Phi) is 8.84. The molecule has 4 nitrogen and oxygen atoms in total. The van der Waals surface area contributed by atoms with Crippen LogP contribution in [-0.4, -0.2) is 14.1 Å². The molecule has 64 heavy (non-hydrogen) atoms. The topological polar surface area (TPSA) is 46.5 Å². The Morgan fingerprint density at radius 2 is 0.641 bits per heavy atom. The molecule has 0 amide bonds. The summed E-state index contributed by atoms with van der Waals surface area (Å²) in [6.07, 6.45) is 3.96. The SMILES string of the molecule is N#Cc1ccccc1-c1c(-n2c3cc(-c4ccccc4)ccc3c3ccc(-c4ccccc4)cc32)cncc1-n1c2cc(-c3ccccc3)ccc2c2ccc(-c3ccccc3)cc21. The van der Waals surface area contributed by atoms with Crippen molar-refractivity contribution in [1.29, 1.82) is 5.26 Å². The predicted molar refractivity (Wildman–Crippen MR) is 265 cm³/mol. The first-order valence-corrected chi connectivity index (χ1v) is 21.6. The van der Waals surface area contributed by atoms with Crippen LogP contribution in [0, 0.1) is 11.3 Å². The maximum atomic E-state index is 10.9. The summed E-state index contributed by atoms with van der Waals surface area (Å²) in [6, 6.07) is 79.9. The molecule has 0 aliphatic rings. The number of hydrogen-bond acceptors (Lipinski definition) is 2. The van der Waals surface area contributed by atoms with Gasteiger partial charge >= 0.3 is 0 Å². The third-order valence-corrected chi connectivity index (χ3v) is 12.7. The lowest BCUT2D eigenvalue weighted by molar-refractivity contribution is 1.09. The monoisotopic (exact) mass is 814 g/mol. The van der Waals surface area contributed by atoms with E-state index in [2.05, 4.69) is 215 Å². The molecule has 3 heterocycles. The molecular formula is C60H38N4. The van der Waals surface area contributed by atoms with Gasteiger partial charge < -0.3 is 9.13 Å². The zero-order valence-corrected chi connectivity index (χ0v) is 34.7. The molecule has 0 atom stereocenters. The lowest BCUT2D eigenvalue weighted by Crippen LogP contribution is -2.06. The fourth-order valence-electron chi connectivity index (χ4n) is 9.65. The van der Waals surface area contributed by atoms with Gasteiger partial charge in [-0.25, -0.2) is 0 Å². The summed E-state index contributed by atoms with van der Waals surface area (Å²) < 4.78 is 4.75. The first-order valence-electron chi connectivity index (χ1n) is 21.6. The highest BCUT2D eigenvalue weighted by Crippen LogP contribution is 2.45. The smallest absolute Gasteiger partial charge is 0.0998 e. The van der Waals surface area contributed by atoms with Crippen LogP contribution in [0.4, 0.5) is 0 Å². The minimum atomic E-state index is 0.586. The Hall–Kier alpha value is -8.78. The number of nitriles is 1. The summed E-state index contributed by atoms with van der Waals surface area (Å²) in [5.74, 6) is 0. The Morgan fingerprint density at radius 3 is 0.969 bits per heavy atom. The predicted octanol–water partition coefficient (Wildman–Crippen LogP) is 15.5. The van der Waals surface area contributed by atoms with Gasteiger partial charge in [-0.15, -0.1) is 0 Å². The average molecular weight is 815 g/mol. The maximum Gasteiger partial charge on any atom is 0.0998 e. The van der Waals surface area contributed by atoms with E-state index in [-0.39, 0.29) is 0 Å². The molecule has 3 aromatic heterocycles. The molecule has 9 aromatic carbocycles. The Balaban J connectivity index is 1.23. The zero-order chi connectivity index (χ0) is 42.6. The molecule has 0 bridgehead atoms. The number of aromatic nitrogens is 3. The van der Waals surface area contributed by atoms with Gasteiger partial charge in [-0.3, -0.25) is 4.98 Å². The van der Waals surface area contributed by atoms with E-state index in [1.807, 2.05) is 30.6 Å². The quantitative estimate of drug-likeness (QED) is 0.161. The van der Waals surface area contributed by atoms with Gasteiger partial charge in [-0.1, -0.05) is 188 Å². The summed E-state index contributed by atoms with van der Waals surface area (Å²) in [5, 5.41) is 15.4. The van der Waals surface area contributed by atoms with E-state index in [0.717, 1.165) is 111 Å². The van der Waals surface area contributed by atoms with Crippen LogP contribution in [0.2, 0.25) is 0 Å². The van der Waals surface area contributed by atoms with E-state index >= 15 is 0 Å². The molecule has 12 aromatic rings. The van der Waals surface area contributed by atoms with Crippen LogP contribution in [0.1, 0.15) is 5.56 Å². The summed E-state index contributed by atoms with van der Waals surface area (Å²) in [7, 11) is 0. The van der Waals surface area contributed by atoms with Gasteiger partial charge in [0.15, 0.2) is 0 Å². The van der Waals surface area contributed by atoms with Gasteiger partial charge in [-0.2, -0.15) is 5.26 Å². The van der Waals surface area contributed by atoms with E-state index in [4.69, 9.17) is 4.98 Å². The van der Waals surface area contributed by atoms with E-state index in [9.17, 15) is 5.26 Å². The molecule has 4 heteroatoms. The first-order chi connectivity index (χ1) is 31.7. The molecular weight excluding hydrogens is 777 g/mol. The molecule has 0 radical (unpaired) electrons. The molecule has 0 fully saturated rings. The standard InChI is InChI=1S/C60H38N4/c61-37-48-23-13-14-24-49(48)60-58(63-54-33-44(40-15-5-1-6-16-40)25-29-50(54)51-30-26-45(34-55(51)63)41-17-7-2-8-18-41)38-62-39-59(60)64-56-35-46(42-19-9-3-10-20-42)27-31-52(56)53-32-28-47(36-57(53)64)43-21-11-4-12-22-43/h1-36,38-39H. The van der Waals surface area contributed by atoms with Crippen LogP contribution in [0.25, 0.3) is 111 Å². The Bertz CT molecular complexity index is 3350. The normalized spacial score (nSPS) is 11.4. The Labute approximate surface area is 370 Å². The van der Waals surface area contributed by atoms with Crippen LogP contribution >= 0.6 is 0 Å². The van der Waals surface area contributed by atoms with Crippen LogP contribution < -0.4 is 0 Å². The van der Waals surface area contributed by atoms with Gasteiger partial charge in [-0.05, 0) is 74.8 Å². The van der Waals surface area contributed by atoms with Gasteiger partial charge in [0, 0.05) is 32.7 Å². The number of fused-ring (bicyclic) bond motifs is 6. The third kappa shape index (κ3) is 6.10. The second-order valence-electron chi connectivity index (χ2n) is 16.3. The van der Waals surface area contributed by atoms with Crippen molar-refractivity contribution in [3.8, 4) is 73.1 Å². The summed E-state index contributed by atoms with van der Waals surface area (Å²) in [6.45, 7) is 0. The van der Waals surface area contributed by atoms with Crippen LogP contribution in [-0.2, 0) is 0 Å². The van der Waals surface area contributed by atoms with Gasteiger partial charge in [0.25, 0.3) is 0 Å². The second-order valence-corrected chi connectivity index (χ2v) is 16.3. The van der Waals surface area contributed by atoms with Gasteiger partial charge in [0.1, 0.15) is 0 Å². The second kappa shape index (κ2) is 15.3. The molecule has 0 saturated carbocycles. The van der Waals surface area contributed by atoms with Crippen LogP contribution in [0.5, 0.6) is 0 Å². The van der Waals surface area contributed by atoms with Gasteiger partial charge in [0.2, 0.25) is 0 Å². The molecule has 0 spiro atoms. The van der Waals surface area contributed by atoms with Crippen LogP contribution in [0.15, 0.2) is 231 Å². The lowest BCUT2D eigenvalue weighted by atomic mass is 9.97. The van der Waals surface area contributed by atoms with Crippen molar-refractivity contribution in [3.05, 3.63) is 236 Å². The summed E-state index contributed by atoms with van der Waals surface area (Å²) in [4.78, 5) is 5.16. The van der Waals surface area contributed by atoms with Crippen molar-refractivity contribution in [2.45, 2.75) is 0 Å². The van der Waals surface area contributed by atoms with E-state index < -0.39 is 0 Å². The fourth-order valence-corrected chi connectivity index (χ4v) is 9.65. The average Bonchev–Trinajstić information content (AvgIpc) is 3.88. The number of pyridine rings is 1. The maximum absolute atomic E-state index is 10.9. The highest BCUT2D eigenvalue weighted by Gasteiger charge is 2.25. The van der Waals surface area contributed by atoms with Crippen LogP contribution in [0.3, 0.4) is 0 Å². The van der Waals surface area contributed by atoms with E-state index in [1.54, 1.807) is 0 Å². The largest absolute Gasteiger partial charge is 0.307 e. The van der Waals surface area contributed by atoms with Gasteiger partial charge in [0.05, 0.1) is 57.5 Å². The van der Waals surface area contributed by atoms with Crippen molar-refractivity contribution in [3.63, 3.8) is 0 Å². The molecule has 12 rings (SSSR count). The number of rotatable bonds is 7. The molecule has 0 saturated heterocycles. The zero-order valence-electron chi connectivity index (χ0n) is 34.7. The van der Waals surface area contributed by atoms with Crippen molar-refractivity contribution >= 4 is 43.6 Å². The Morgan fingerprint density at radius 1 is 0.328 bits per heavy atom. The number of benzene rings is 9. The minimum Gasteiger partial charge on any atom is -0.307 e. The number of nitrogens with zero attached hydrogens (tertiary/aromatic N) is 4. The molecule has 0 N–H and O–H groups in total. The molecule has 298 valence electrons. The highest BCUT2D eigenvalue weighted by atomic mass is 15.0. The first kappa shape index (κ1) is 37.0. The van der Waals surface area contributed by atoms with Crippen molar-refractivity contribution in [1.82, 2.24) is 14.1 Å². The number of hydrogen-bond donors (Lipinski definition) is 0. The van der Waals surface area contributed by atoms with E-state index in [1.165, 1.54) is 0 Å². The minimum absolute atomic E-state index is 0.586.